The molecule has 52 valence electrons. The highest BCUT2D eigenvalue weighted by Crippen LogP contribution is 2.46. The Kier molecular flexibility index (Phi) is 0.986. The summed E-state index contributed by atoms with van der Waals surface area (Å²) in [6.07, 6.45) is 2.84. The van der Waals surface area contributed by atoms with E-state index in [4.69, 9.17) is 5.26 Å². The molecule has 0 N–H and O–H groups in total. The predicted octanol–water partition coefficient (Wildman–Crippen LogP) is 0.129. The van der Waals surface area contributed by atoms with Gasteiger partial charge in [-0.05, 0) is 18.8 Å². The van der Waals surface area contributed by atoms with Crippen molar-refractivity contribution in [2.45, 2.75) is 24.9 Å². The van der Waals surface area contributed by atoms with E-state index in [0.717, 1.165) is 19.3 Å². The van der Waals surface area contributed by atoms with Gasteiger partial charge in [0.15, 0.2) is 0 Å². The lowest BCUT2D eigenvalue weighted by Gasteiger charge is -2.15. The van der Waals surface area contributed by atoms with Gasteiger partial charge in [0, 0.05) is 6.04 Å². The smallest absolute Gasteiger partial charge is 0.211 e. The van der Waals surface area contributed by atoms with Crippen LogP contribution in [0.2, 0.25) is 0 Å². The topological polar surface area (TPSA) is 44.1 Å². The molecule has 0 bridgehead atoms. The fraction of sp³-hybridized carbons (Fsp3) is 0.714. The van der Waals surface area contributed by atoms with Crippen molar-refractivity contribution in [1.29, 1.82) is 5.26 Å². The number of likely N-dealkylation sites (tertiary alicyclic amines) is 1. The van der Waals surface area contributed by atoms with Crippen molar-refractivity contribution in [1.82, 2.24) is 4.90 Å². The van der Waals surface area contributed by atoms with Gasteiger partial charge in [0.05, 0.1) is 6.07 Å². The van der Waals surface area contributed by atoms with Crippen LogP contribution in [0.25, 0.3) is 0 Å². The summed E-state index contributed by atoms with van der Waals surface area (Å²) in [6.45, 7) is 0. The van der Waals surface area contributed by atoms with E-state index >= 15 is 0 Å². The van der Waals surface area contributed by atoms with E-state index < -0.39 is 0 Å². The van der Waals surface area contributed by atoms with Crippen molar-refractivity contribution in [3.8, 4) is 6.07 Å². The summed E-state index contributed by atoms with van der Waals surface area (Å²) in [6, 6.07) is 2.42. The molecule has 0 aromatic heterocycles. The number of rotatable bonds is 1. The quantitative estimate of drug-likeness (QED) is 0.481. The van der Waals surface area contributed by atoms with Gasteiger partial charge in [-0.25, -0.2) is 0 Å². The molecule has 0 aromatic rings. The van der Waals surface area contributed by atoms with Crippen molar-refractivity contribution in [3.05, 3.63) is 0 Å². The minimum atomic E-state index is -0.124. The number of nitriles is 1. The first-order chi connectivity index (χ1) is 4.86. The highest BCUT2D eigenvalue weighted by atomic mass is 16.1. The largest absolute Gasteiger partial charge is 0.326 e. The highest BCUT2D eigenvalue weighted by molar-refractivity contribution is 5.52. The van der Waals surface area contributed by atoms with Crippen LogP contribution in [0.1, 0.15) is 12.8 Å². The first-order valence-electron chi connectivity index (χ1n) is 3.49. The summed E-state index contributed by atoms with van der Waals surface area (Å²) >= 11 is 0. The zero-order valence-electron chi connectivity index (χ0n) is 5.53. The maximum absolute atomic E-state index is 10.4. The molecule has 2 rings (SSSR count). The second kappa shape index (κ2) is 1.72. The second-order valence-corrected chi connectivity index (χ2v) is 3.00. The summed E-state index contributed by atoms with van der Waals surface area (Å²) in [5.74, 6) is 0.648. The first kappa shape index (κ1) is 5.72. The van der Waals surface area contributed by atoms with Gasteiger partial charge >= 0.3 is 0 Å². The average Bonchev–Trinajstić information content (AvgIpc) is 2.63. The molecule has 1 aliphatic heterocycles. The third-order valence-electron chi connectivity index (χ3n) is 2.42. The van der Waals surface area contributed by atoms with Crippen LogP contribution >= 0.6 is 0 Å². The predicted molar refractivity (Wildman–Crippen MR) is 33.8 cm³/mol. The fourth-order valence-electron chi connectivity index (χ4n) is 1.76. The summed E-state index contributed by atoms with van der Waals surface area (Å²) < 4.78 is 0. The van der Waals surface area contributed by atoms with Crippen LogP contribution in [-0.4, -0.2) is 23.4 Å². The summed E-state index contributed by atoms with van der Waals surface area (Å²) in [5.41, 5.74) is 0. The Morgan fingerprint density at radius 1 is 1.60 bits per heavy atom. The number of hydrogen-bond donors (Lipinski definition) is 0. The molecule has 1 amide bonds. The van der Waals surface area contributed by atoms with Gasteiger partial charge in [-0.1, -0.05) is 0 Å². The Bertz CT molecular complexity index is 208. The molecule has 0 unspecified atom stereocenters. The molecule has 2 aliphatic rings. The SMILES string of the molecule is N#C[C@@H]1C[C@@H]2C[C@@H]2N1C=O. The van der Waals surface area contributed by atoms with Crippen LogP contribution in [0.3, 0.4) is 0 Å². The Labute approximate surface area is 59.2 Å². The van der Waals surface area contributed by atoms with Crippen molar-refractivity contribution in [2.24, 2.45) is 5.92 Å². The van der Waals surface area contributed by atoms with Crippen LogP contribution < -0.4 is 0 Å². The van der Waals surface area contributed by atoms with Crippen molar-refractivity contribution < 1.29 is 4.79 Å². The minimum absolute atomic E-state index is 0.124. The van der Waals surface area contributed by atoms with E-state index in [0.29, 0.717) is 12.0 Å². The van der Waals surface area contributed by atoms with Gasteiger partial charge in [-0.3, -0.25) is 4.79 Å². The maximum atomic E-state index is 10.4. The molecular formula is C7H8N2O. The number of carbonyl (C=O) groups is 1. The summed E-state index contributed by atoms with van der Waals surface area (Å²) in [5, 5.41) is 8.56. The molecular weight excluding hydrogens is 128 g/mol. The van der Waals surface area contributed by atoms with Gasteiger partial charge < -0.3 is 4.90 Å². The minimum Gasteiger partial charge on any atom is -0.326 e. The van der Waals surface area contributed by atoms with E-state index in [-0.39, 0.29) is 6.04 Å². The van der Waals surface area contributed by atoms with Gasteiger partial charge in [0.1, 0.15) is 6.04 Å². The van der Waals surface area contributed by atoms with Crippen molar-refractivity contribution >= 4 is 6.41 Å². The van der Waals surface area contributed by atoms with Crippen molar-refractivity contribution in [3.63, 3.8) is 0 Å². The number of nitrogens with zero attached hydrogens (tertiary/aromatic N) is 2. The molecule has 3 heteroatoms. The number of hydrogen-bond acceptors (Lipinski definition) is 2. The Morgan fingerprint density at radius 2 is 2.40 bits per heavy atom. The fourth-order valence-corrected chi connectivity index (χ4v) is 1.76. The number of fused-ring (bicyclic) bond motifs is 1. The molecule has 3 nitrogen and oxygen atoms in total. The van der Waals surface area contributed by atoms with E-state index in [1.165, 1.54) is 0 Å². The number of amides is 1. The summed E-state index contributed by atoms with van der Waals surface area (Å²) in [4.78, 5) is 12.0. The molecule has 0 spiro atoms. The van der Waals surface area contributed by atoms with E-state index in [1.54, 1.807) is 4.90 Å². The normalized spacial score (nSPS) is 42.3. The molecule has 0 aromatic carbocycles. The van der Waals surface area contributed by atoms with Gasteiger partial charge in [-0.15, -0.1) is 0 Å². The maximum Gasteiger partial charge on any atom is 0.211 e. The monoisotopic (exact) mass is 136 g/mol. The third-order valence-corrected chi connectivity index (χ3v) is 2.42. The molecule has 3 atom stereocenters. The first-order valence-corrected chi connectivity index (χ1v) is 3.49. The Hall–Kier alpha value is -1.04. The molecule has 1 heterocycles. The number of piperidine rings is 1. The lowest BCUT2D eigenvalue weighted by Crippen LogP contribution is -2.29. The lowest BCUT2D eigenvalue weighted by molar-refractivity contribution is -0.118. The molecule has 1 saturated carbocycles. The zero-order chi connectivity index (χ0) is 7.14. The van der Waals surface area contributed by atoms with Gasteiger partial charge in [0.25, 0.3) is 0 Å². The average molecular weight is 136 g/mol. The summed E-state index contributed by atoms with van der Waals surface area (Å²) in [7, 11) is 0. The highest BCUT2D eigenvalue weighted by Gasteiger charge is 2.51. The van der Waals surface area contributed by atoms with Gasteiger partial charge in [-0.2, -0.15) is 5.26 Å². The standard InChI is InChI=1S/C7H8N2O/c8-3-6-1-5-2-7(5)9(6)4-10/h4-7H,1-2H2/t5-,6+,7+/m1/s1. The molecule has 2 fully saturated rings. The van der Waals surface area contributed by atoms with Crippen LogP contribution in [0, 0.1) is 17.2 Å². The molecule has 0 radical (unpaired) electrons. The molecule has 1 aliphatic carbocycles. The van der Waals surface area contributed by atoms with Crippen molar-refractivity contribution in [2.75, 3.05) is 0 Å². The molecule has 10 heavy (non-hydrogen) atoms. The third kappa shape index (κ3) is 0.563. The zero-order valence-corrected chi connectivity index (χ0v) is 5.53. The van der Waals surface area contributed by atoms with E-state index in [1.807, 2.05) is 0 Å². The van der Waals surface area contributed by atoms with E-state index in [9.17, 15) is 4.79 Å². The van der Waals surface area contributed by atoms with Gasteiger partial charge in [0.2, 0.25) is 6.41 Å². The number of carbonyl (C=O) groups excluding carboxylic acids is 1. The second-order valence-electron chi connectivity index (χ2n) is 3.00. The van der Waals surface area contributed by atoms with Crippen LogP contribution in [0.15, 0.2) is 0 Å². The van der Waals surface area contributed by atoms with Crippen LogP contribution in [-0.2, 0) is 4.79 Å². The Balaban J connectivity index is 2.13. The van der Waals surface area contributed by atoms with E-state index in [2.05, 4.69) is 6.07 Å². The molecule has 1 saturated heterocycles. The van der Waals surface area contributed by atoms with Crippen LogP contribution in [0.5, 0.6) is 0 Å². The lowest BCUT2D eigenvalue weighted by atomic mass is 10.2. The Morgan fingerprint density at radius 3 is 2.90 bits per heavy atom. The van der Waals surface area contributed by atoms with Crippen LogP contribution in [0.4, 0.5) is 0 Å².